The highest BCUT2D eigenvalue weighted by Crippen LogP contribution is 2.33. The maximum atomic E-state index is 13.5. The van der Waals surface area contributed by atoms with Crippen molar-refractivity contribution in [2.75, 3.05) is 13.1 Å². The molecular weight excluding hydrogens is 373 g/mol. The molecule has 3 aromatic rings. The van der Waals surface area contributed by atoms with Crippen molar-refractivity contribution in [2.24, 2.45) is 0 Å². The summed E-state index contributed by atoms with van der Waals surface area (Å²) in [4.78, 5) is 23.4. The first-order chi connectivity index (χ1) is 14.1. The third-order valence-corrected chi connectivity index (χ3v) is 4.98. The molecule has 1 fully saturated rings. The second-order valence-corrected chi connectivity index (χ2v) is 6.95. The number of nitrogens with zero attached hydrogens (tertiary/aromatic N) is 5. The summed E-state index contributed by atoms with van der Waals surface area (Å²) >= 11 is 0. The lowest BCUT2D eigenvalue weighted by Gasteiger charge is -2.32. The molecule has 1 aliphatic rings. The first-order valence-electron chi connectivity index (χ1n) is 9.71. The van der Waals surface area contributed by atoms with Gasteiger partial charge >= 0.3 is 0 Å². The molecule has 0 aliphatic carbocycles. The molecule has 3 heterocycles. The van der Waals surface area contributed by atoms with Crippen LogP contribution in [0.1, 0.15) is 41.9 Å². The van der Waals surface area contributed by atoms with Crippen molar-refractivity contribution in [3.8, 4) is 11.6 Å². The van der Waals surface area contributed by atoms with Crippen molar-refractivity contribution in [1.82, 2.24) is 24.6 Å². The van der Waals surface area contributed by atoms with Gasteiger partial charge in [0.15, 0.2) is 0 Å². The van der Waals surface area contributed by atoms with Gasteiger partial charge in [-0.15, -0.1) is 0 Å². The fourth-order valence-corrected chi connectivity index (χ4v) is 3.54. The number of rotatable bonds is 5. The molecule has 0 N–H and O–H groups in total. The molecule has 2 aromatic heterocycles. The summed E-state index contributed by atoms with van der Waals surface area (Å²) < 4.78 is 21.0. The topological polar surface area (TPSA) is 73.1 Å². The van der Waals surface area contributed by atoms with E-state index in [1.807, 2.05) is 13.1 Å². The van der Waals surface area contributed by atoms with Crippen LogP contribution in [-0.4, -0.2) is 43.6 Å². The summed E-state index contributed by atoms with van der Waals surface area (Å²) in [5, 5.41) is 4.32. The van der Waals surface area contributed by atoms with Crippen LogP contribution in [0.5, 0.6) is 11.6 Å². The SMILES string of the molecule is CCn1ccc(C(=O)N2CCCC(c3nccnc3Oc3cccc(F)c3)C2)n1. The molecule has 150 valence electrons. The number of carbonyl (C=O) groups excluding carboxylic acids is 1. The summed E-state index contributed by atoms with van der Waals surface area (Å²) in [6.45, 7) is 3.88. The normalized spacial score (nSPS) is 16.6. The maximum absolute atomic E-state index is 13.5. The van der Waals surface area contributed by atoms with E-state index in [9.17, 15) is 9.18 Å². The first-order valence-corrected chi connectivity index (χ1v) is 9.71. The predicted octanol–water partition coefficient (Wildman–Crippen LogP) is 3.64. The van der Waals surface area contributed by atoms with Gasteiger partial charge < -0.3 is 9.64 Å². The Labute approximate surface area is 168 Å². The Morgan fingerprint density at radius 3 is 2.93 bits per heavy atom. The van der Waals surface area contributed by atoms with Crippen LogP contribution in [0, 0.1) is 5.82 Å². The van der Waals surface area contributed by atoms with Crippen molar-refractivity contribution in [3.05, 3.63) is 66.1 Å². The number of carbonyl (C=O) groups is 1. The minimum Gasteiger partial charge on any atom is -0.437 e. The van der Waals surface area contributed by atoms with E-state index in [0.29, 0.717) is 36.1 Å². The molecule has 1 amide bonds. The number of hydrogen-bond acceptors (Lipinski definition) is 5. The van der Waals surface area contributed by atoms with Gasteiger partial charge in [0.05, 0.1) is 0 Å². The Morgan fingerprint density at radius 1 is 1.28 bits per heavy atom. The average molecular weight is 395 g/mol. The van der Waals surface area contributed by atoms with Crippen LogP contribution in [0.3, 0.4) is 0 Å². The van der Waals surface area contributed by atoms with Crippen LogP contribution in [0.15, 0.2) is 48.9 Å². The molecule has 29 heavy (non-hydrogen) atoms. The average Bonchev–Trinajstić information content (AvgIpc) is 3.23. The summed E-state index contributed by atoms with van der Waals surface area (Å²) in [5.74, 6) is 0.221. The minimum atomic E-state index is -0.381. The third kappa shape index (κ3) is 4.26. The van der Waals surface area contributed by atoms with Crippen molar-refractivity contribution in [3.63, 3.8) is 0 Å². The van der Waals surface area contributed by atoms with Crippen molar-refractivity contribution < 1.29 is 13.9 Å². The zero-order valence-corrected chi connectivity index (χ0v) is 16.2. The van der Waals surface area contributed by atoms with Gasteiger partial charge in [0.25, 0.3) is 5.91 Å². The number of piperidine rings is 1. The molecule has 0 saturated carbocycles. The molecule has 1 saturated heterocycles. The second kappa shape index (κ2) is 8.38. The molecule has 1 aromatic carbocycles. The van der Waals surface area contributed by atoms with Gasteiger partial charge in [-0.05, 0) is 38.0 Å². The summed E-state index contributed by atoms with van der Waals surface area (Å²) in [5.41, 5.74) is 1.12. The highest BCUT2D eigenvalue weighted by Gasteiger charge is 2.29. The van der Waals surface area contributed by atoms with Crippen LogP contribution < -0.4 is 4.74 Å². The Bertz CT molecular complexity index is 1010. The monoisotopic (exact) mass is 395 g/mol. The summed E-state index contributed by atoms with van der Waals surface area (Å²) in [7, 11) is 0. The number of benzene rings is 1. The van der Waals surface area contributed by atoms with Gasteiger partial charge in [-0.25, -0.2) is 9.37 Å². The van der Waals surface area contributed by atoms with Crippen molar-refractivity contribution >= 4 is 5.91 Å². The number of ether oxygens (including phenoxy) is 1. The number of aromatic nitrogens is 4. The predicted molar refractivity (Wildman–Crippen MR) is 104 cm³/mol. The first kappa shape index (κ1) is 19.0. The van der Waals surface area contributed by atoms with E-state index in [4.69, 9.17) is 4.74 Å². The number of amides is 1. The molecule has 0 spiro atoms. The Morgan fingerprint density at radius 2 is 2.14 bits per heavy atom. The summed E-state index contributed by atoms with van der Waals surface area (Å²) in [6.07, 6.45) is 6.67. The third-order valence-electron chi connectivity index (χ3n) is 4.98. The number of likely N-dealkylation sites (tertiary alicyclic amines) is 1. The van der Waals surface area contributed by atoms with E-state index >= 15 is 0 Å². The molecule has 8 heteroatoms. The summed E-state index contributed by atoms with van der Waals surface area (Å²) in [6, 6.07) is 7.66. The molecule has 1 aliphatic heterocycles. The van der Waals surface area contributed by atoms with Crippen LogP contribution in [0.4, 0.5) is 4.39 Å². The van der Waals surface area contributed by atoms with E-state index in [2.05, 4.69) is 15.1 Å². The van der Waals surface area contributed by atoms with E-state index < -0.39 is 0 Å². The smallest absolute Gasteiger partial charge is 0.274 e. The number of aryl methyl sites for hydroxylation is 1. The highest BCUT2D eigenvalue weighted by atomic mass is 19.1. The zero-order chi connectivity index (χ0) is 20.2. The molecule has 0 radical (unpaired) electrons. The molecule has 0 bridgehead atoms. The van der Waals surface area contributed by atoms with Crippen LogP contribution in [-0.2, 0) is 6.54 Å². The lowest BCUT2D eigenvalue weighted by molar-refractivity contribution is 0.0698. The van der Waals surface area contributed by atoms with E-state index in [1.54, 1.807) is 40.2 Å². The van der Waals surface area contributed by atoms with Gasteiger partial charge in [-0.1, -0.05) is 6.07 Å². The standard InChI is InChI=1S/C21H22FN5O2/c1-2-27-12-8-18(25-27)21(28)26-11-4-5-15(14-26)19-20(24-10-9-23-19)29-17-7-3-6-16(22)13-17/h3,6-10,12-13,15H,2,4-5,11,14H2,1H3. The molecule has 1 unspecified atom stereocenters. The maximum Gasteiger partial charge on any atom is 0.274 e. The van der Waals surface area contributed by atoms with E-state index in [1.165, 1.54) is 12.1 Å². The fraction of sp³-hybridized carbons (Fsp3) is 0.333. The van der Waals surface area contributed by atoms with Gasteiger partial charge in [0.1, 0.15) is 23.0 Å². The quantitative estimate of drug-likeness (QED) is 0.659. The molecule has 4 rings (SSSR count). The fourth-order valence-electron chi connectivity index (χ4n) is 3.54. The van der Waals surface area contributed by atoms with Crippen LogP contribution >= 0.6 is 0 Å². The van der Waals surface area contributed by atoms with Crippen LogP contribution in [0.25, 0.3) is 0 Å². The van der Waals surface area contributed by atoms with E-state index in [-0.39, 0.29) is 17.6 Å². The van der Waals surface area contributed by atoms with Gasteiger partial charge in [0.2, 0.25) is 5.88 Å². The lowest BCUT2D eigenvalue weighted by Crippen LogP contribution is -2.39. The van der Waals surface area contributed by atoms with Gasteiger partial charge in [-0.2, -0.15) is 5.10 Å². The largest absolute Gasteiger partial charge is 0.437 e. The molecule has 7 nitrogen and oxygen atoms in total. The Hall–Kier alpha value is -3.29. The Kier molecular flexibility index (Phi) is 5.50. The number of halogens is 1. The van der Waals surface area contributed by atoms with Crippen LogP contribution in [0.2, 0.25) is 0 Å². The Balaban J connectivity index is 1.53. The lowest BCUT2D eigenvalue weighted by atomic mass is 9.94. The van der Waals surface area contributed by atoms with Gasteiger partial charge in [0, 0.05) is 50.2 Å². The second-order valence-electron chi connectivity index (χ2n) is 6.95. The van der Waals surface area contributed by atoms with E-state index in [0.717, 1.165) is 19.4 Å². The number of hydrogen-bond donors (Lipinski definition) is 0. The van der Waals surface area contributed by atoms with Crippen molar-refractivity contribution in [2.45, 2.75) is 32.2 Å². The van der Waals surface area contributed by atoms with Gasteiger partial charge in [-0.3, -0.25) is 14.5 Å². The molecule has 1 atom stereocenters. The highest BCUT2D eigenvalue weighted by molar-refractivity contribution is 5.92. The molecular formula is C21H22FN5O2. The minimum absolute atomic E-state index is 0.0155. The zero-order valence-electron chi connectivity index (χ0n) is 16.2. The van der Waals surface area contributed by atoms with Crippen molar-refractivity contribution in [1.29, 1.82) is 0 Å².